The molecule has 0 aliphatic carbocycles. The van der Waals surface area contributed by atoms with Crippen LogP contribution in [-0.2, 0) is 0 Å². The second-order valence-corrected chi connectivity index (χ2v) is 4.99. The number of rotatable bonds is 2. The third-order valence-corrected chi connectivity index (χ3v) is 3.19. The lowest BCUT2D eigenvalue weighted by Crippen LogP contribution is -1.96. The van der Waals surface area contributed by atoms with E-state index in [9.17, 15) is 0 Å². The third kappa shape index (κ3) is 2.76. The lowest BCUT2D eigenvalue weighted by molar-refractivity contribution is 1.47. The van der Waals surface area contributed by atoms with Crippen LogP contribution < -0.4 is 11.1 Å². The number of hydrogen-bond donors (Lipinski definition) is 2. The predicted octanol–water partition coefficient (Wildman–Crippen LogP) is 4.30. The van der Waals surface area contributed by atoms with Crippen molar-refractivity contribution in [1.82, 2.24) is 0 Å². The zero-order chi connectivity index (χ0) is 13.1. The Kier molecular flexibility index (Phi) is 3.75. The van der Waals surface area contributed by atoms with Gasteiger partial charge in [0.15, 0.2) is 0 Å². The van der Waals surface area contributed by atoms with E-state index in [0.29, 0.717) is 16.3 Å². The Hall–Kier alpha value is -1.70. The van der Waals surface area contributed by atoms with Crippen molar-refractivity contribution in [2.24, 2.45) is 0 Å². The largest absolute Gasteiger partial charge is 0.397 e. The minimum absolute atomic E-state index is 0.415. The van der Waals surface area contributed by atoms with Gasteiger partial charge in [0.25, 0.3) is 0 Å². The molecule has 18 heavy (non-hydrogen) atoms. The number of benzene rings is 2. The lowest BCUT2D eigenvalue weighted by Gasteiger charge is -2.10. The van der Waals surface area contributed by atoms with Crippen LogP contribution in [0.5, 0.6) is 0 Å². The monoisotopic (exact) mass is 321 g/mol. The van der Waals surface area contributed by atoms with Crippen LogP contribution in [0.3, 0.4) is 0 Å². The Balaban J connectivity index is 2.29. The SMILES string of the molecule is N#Cc1ccc(Nc2ccc(Br)cc2N)cc1Cl. The highest BCUT2D eigenvalue weighted by Crippen LogP contribution is 2.28. The first-order chi connectivity index (χ1) is 8.60. The first kappa shape index (κ1) is 12.7. The van der Waals surface area contributed by atoms with Gasteiger partial charge in [0.1, 0.15) is 6.07 Å². The molecule has 3 N–H and O–H groups in total. The second kappa shape index (κ2) is 5.30. The maximum atomic E-state index is 8.79. The van der Waals surface area contributed by atoms with Crippen LogP contribution in [0.15, 0.2) is 40.9 Å². The van der Waals surface area contributed by atoms with Gasteiger partial charge in [0, 0.05) is 10.2 Å². The smallest absolute Gasteiger partial charge is 0.101 e. The van der Waals surface area contributed by atoms with Gasteiger partial charge >= 0.3 is 0 Å². The molecule has 0 fully saturated rings. The Morgan fingerprint density at radius 2 is 2.00 bits per heavy atom. The van der Waals surface area contributed by atoms with Crippen molar-refractivity contribution in [3.63, 3.8) is 0 Å². The van der Waals surface area contributed by atoms with Crippen molar-refractivity contribution in [2.75, 3.05) is 11.1 Å². The normalized spacial score (nSPS) is 9.83. The van der Waals surface area contributed by atoms with E-state index in [1.54, 1.807) is 18.2 Å². The maximum Gasteiger partial charge on any atom is 0.101 e. The Morgan fingerprint density at radius 1 is 1.22 bits per heavy atom. The fraction of sp³-hybridized carbons (Fsp3) is 0. The van der Waals surface area contributed by atoms with E-state index < -0.39 is 0 Å². The van der Waals surface area contributed by atoms with Gasteiger partial charge in [-0.3, -0.25) is 0 Å². The molecular formula is C13H9BrClN3. The van der Waals surface area contributed by atoms with Gasteiger partial charge in [-0.05, 0) is 36.4 Å². The summed E-state index contributed by atoms with van der Waals surface area (Å²) in [6.07, 6.45) is 0. The number of hydrogen-bond acceptors (Lipinski definition) is 3. The third-order valence-electron chi connectivity index (χ3n) is 2.38. The maximum absolute atomic E-state index is 8.79. The molecule has 2 aromatic rings. The summed E-state index contributed by atoms with van der Waals surface area (Å²) in [6.45, 7) is 0. The highest BCUT2D eigenvalue weighted by Gasteiger charge is 2.03. The summed E-state index contributed by atoms with van der Waals surface area (Å²) in [7, 11) is 0. The fourth-order valence-corrected chi connectivity index (χ4v) is 2.09. The molecule has 0 spiro atoms. The number of nitrogen functional groups attached to an aromatic ring is 1. The van der Waals surface area contributed by atoms with Gasteiger partial charge in [-0.2, -0.15) is 5.26 Å². The van der Waals surface area contributed by atoms with Crippen molar-refractivity contribution in [2.45, 2.75) is 0 Å². The number of halogens is 2. The van der Waals surface area contributed by atoms with Crippen LogP contribution in [0.1, 0.15) is 5.56 Å². The molecular weight excluding hydrogens is 314 g/mol. The summed E-state index contributed by atoms with van der Waals surface area (Å²) in [6, 6.07) is 12.7. The molecule has 0 radical (unpaired) electrons. The van der Waals surface area contributed by atoms with Gasteiger partial charge in [0.2, 0.25) is 0 Å². The molecule has 3 nitrogen and oxygen atoms in total. The molecule has 0 amide bonds. The van der Waals surface area contributed by atoms with Crippen molar-refractivity contribution in [3.8, 4) is 6.07 Å². The summed E-state index contributed by atoms with van der Waals surface area (Å²) < 4.78 is 0.920. The topological polar surface area (TPSA) is 61.8 Å². The highest BCUT2D eigenvalue weighted by atomic mass is 79.9. The summed E-state index contributed by atoms with van der Waals surface area (Å²) in [5.74, 6) is 0. The molecule has 0 bridgehead atoms. The Labute approximate surface area is 118 Å². The predicted molar refractivity (Wildman–Crippen MR) is 78.0 cm³/mol. The quantitative estimate of drug-likeness (QED) is 0.810. The van der Waals surface area contributed by atoms with Crippen LogP contribution in [0.25, 0.3) is 0 Å². The molecule has 0 atom stereocenters. The van der Waals surface area contributed by atoms with Crippen LogP contribution in [0.2, 0.25) is 5.02 Å². The molecule has 0 aliphatic rings. The van der Waals surface area contributed by atoms with E-state index in [2.05, 4.69) is 21.2 Å². The van der Waals surface area contributed by atoms with E-state index in [4.69, 9.17) is 22.6 Å². The van der Waals surface area contributed by atoms with Crippen LogP contribution in [0, 0.1) is 11.3 Å². The van der Waals surface area contributed by atoms with Gasteiger partial charge in [0.05, 0.1) is 22.0 Å². The molecule has 0 aromatic heterocycles. The Morgan fingerprint density at radius 3 is 2.61 bits per heavy atom. The molecule has 0 saturated heterocycles. The van der Waals surface area contributed by atoms with Gasteiger partial charge < -0.3 is 11.1 Å². The number of nitrogens with two attached hydrogens (primary N) is 1. The molecule has 2 aromatic carbocycles. The van der Waals surface area contributed by atoms with Gasteiger partial charge in [-0.1, -0.05) is 27.5 Å². The second-order valence-electron chi connectivity index (χ2n) is 3.66. The highest BCUT2D eigenvalue weighted by molar-refractivity contribution is 9.10. The van der Waals surface area contributed by atoms with Crippen molar-refractivity contribution >= 4 is 44.6 Å². The van der Waals surface area contributed by atoms with Crippen molar-refractivity contribution < 1.29 is 0 Å². The Bertz CT molecular complexity index is 635. The summed E-state index contributed by atoms with van der Waals surface area (Å²) in [4.78, 5) is 0. The molecule has 2 rings (SSSR count). The van der Waals surface area contributed by atoms with E-state index >= 15 is 0 Å². The molecule has 0 heterocycles. The summed E-state index contributed by atoms with van der Waals surface area (Å²) >= 11 is 9.31. The van der Waals surface area contributed by atoms with Gasteiger partial charge in [-0.15, -0.1) is 0 Å². The van der Waals surface area contributed by atoms with Crippen molar-refractivity contribution in [3.05, 3.63) is 51.5 Å². The number of anilines is 3. The fourth-order valence-electron chi connectivity index (χ4n) is 1.49. The summed E-state index contributed by atoms with van der Waals surface area (Å²) in [5.41, 5.74) is 8.54. The first-order valence-electron chi connectivity index (χ1n) is 5.12. The number of nitrogens with zero attached hydrogens (tertiary/aromatic N) is 1. The summed E-state index contributed by atoms with van der Waals surface area (Å²) in [5, 5.41) is 12.4. The first-order valence-corrected chi connectivity index (χ1v) is 6.29. The molecule has 90 valence electrons. The van der Waals surface area contributed by atoms with E-state index in [1.165, 1.54) is 0 Å². The number of nitrogens with one attached hydrogen (secondary N) is 1. The lowest BCUT2D eigenvalue weighted by atomic mass is 10.2. The standard InChI is InChI=1S/C13H9BrClN3/c14-9-2-4-13(12(17)5-9)18-10-3-1-8(7-16)11(15)6-10/h1-6,18H,17H2. The molecule has 0 saturated carbocycles. The van der Waals surface area contributed by atoms with Gasteiger partial charge in [-0.25, -0.2) is 0 Å². The van der Waals surface area contributed by atoms with E-state index in [0.717, 1.165) is 15.8 Å². The van der Waals surface area contributed by atoms with Crippen molar-refractivity contribution in [1.29, 1.82) is 5.26 Å². The van der Waals surface area contributed by atoms with Crippen LogP contribution in [0.4, 0.5) is 17.1 Å². The average molecular weight is 323 g/mol. The zero-order valence-corrected chi connectivity index (χ0v) is 11.6. The van der Waals surface area contributed by atoms with Crippen LogP contribution >= 0.6 is 27.5 Å². The number of nitriles is 1. The molecule has 0 aliphatic heterocycles. The van der Waals surface area contributed by atoms with E-state index in [1.807, 2.05) is 24.3 Å². The zero-order valence-electron chi connectivity index (χ0n) is 9.24. The van der Waals surface area contributed by atoms with Crippen LogP contribution in [-0.4, -0.2) is 0 Å². The van der Waals surface area contributed by atoms with E-state index in [-0.39, 0.29) is 0 Å². The minimum atomic E-state index is 0.415. The molecule has 5 heteroatoms. The average Bonchev–Trinajstić information content (AvgIpc) is 2.33. The molecule has 0 unspecified atom stereocenters. The minimum Gasteiger partial charge on any atom is -0.397 e.